The fraction of sp³-hybridized carbons (Fsp3) is 0.353. The first kappa shape index (κ1) is 29.0. The predicted octanol–water partition coefficient (Wildman–Crippen LogP) is 8.76. The molecule has 42 heavy (non-hydrogen) atoms. The molecule has 6 rings (SSSR count). The summed E-state index contributed by atoms with van der Waals surface area (Å²) >= 11 is 19.5. The molecule has 4 aromatic rings. The van der Waals surface area contributed by atoms with Crippen molar-refractivity contribution in [3.8, 4) is 5.69 Å². The molecule has 0 radical (unpaired) electrons. The summed E-state index contributed by atoms with van der Waals surface area (Å²) in [6, 6.07) is 20.2. The van der Waals surface area contributed by atoms with Crippen LogP contribution in [0.3, 0.4) is 0 Å². The Morgan fingerprint density at radius 1 is 0.881 bits per heavy atom. The minimum absolute atomic E-state index is 0.136. The molecule has 2 aliphatic heterocycles. The molecule has 0 unspecified atom stereocenters. The van der Waals surface area contributed by atoms with Crippen LogP contribution < -0.4 is 15.1 Å². The molecule has 0 spiro atoms. The summed E-state index contributed by atoms with van der Waals surface area (Å²) in [5, 5.41) is 5.74. The van der Waals surface area contributed by atoms with Gasteiger partial charge in [-0.3, -0.25) is 4.98 Å². The number of hydrogen-bond acceptors (Lipinski definition) is 3. The number of thiocarbonyl (C=S) groups is 1. The van der Waals surface area contributed by atoms with E-state index in [1.807, 2.05) is 36.5 Å². The smallest absolute Gasteiger partial charge is 0.174 e. The zero-order chi connectivity index (χ0) is 29.7. The van der Waals surface area contributed by atoms with E-state index in [-0.39, 0.29) is 12.1 Å². The molecule has 218 valence electrons. The van der Waals surface area contributed by atoms with Crippen LogP contribution in [0.15, 0.2) is 66.9 Å². The lowest BCUT2D eigenvalue weighted by Crippen LogP contribution is -2.38. The highest BCUT2D eigenvalue weighted by Gasteiger charge is 2.43. The maximum absolute atomic E-state index is 7.06. The number of anilines is 2. The Morgan fingerprint density at radius 2 is 1.64 bits per heavy atom. The van der Waals surface area contributed by atoms with E-state index in [1.54, 1.807) is 0 Å². The lowest BCUT2D eigenvalue weighted by atomic mass is 9.91. The molecule has 2 aromatic heterocycles. The number of halogens is 2. The van der Waals surface area contributed by atoms with Gasteiger partial charge in [0.05, 0.1) is 28.5 Å². The summed E-state index contributed by atoms with van der Waals surface area (Å²) in [6.07, 6.45) is 3.09. The van der Waals surface area contributed by atoms with E-state index < -0.39 is 0 Å². The van der Waals surface area contributed by atoms with Crippen LogP contribution in [0.2, 0.25) is 10.0 Å². The second-order valence-corrected chi connectivity index (χ2v) is 13.2. The molecule has 1 N–H and O–H groups in total. The van der Waals surface area contributed by atoms with Crippen LogP contribution in [0.25, 0.3) is 5.69 Å². The summed E-state index contributed by atoms with van der Waals surface area (Å²) < 4.78 is 2.29. The third-order valence-corrected chi connectivity index (χ3v) is 9.74. The summed E-state index contributed by atoms with van der Waals surface area (Å²) in [7, 11) is 0. The predicted molar refractivity (Wildman–Crippen MR) is 180 cm³/mol. The molecule has 0 bridgehead atoms. The Kier molecular flexibility index (Phi) is 7.99. The highest BCUT2D eigenvalue weighted by Crippen LogP contribution is 2.46. The third-order valence-electron chi connectivity index (χ3n) is 8.89. The number of rotatable bonds is 5. The van der Waals surface area contributed by atoms with E-state index in [0.29, 0.717) is 22.0 Å². The lowest BCUT2D eigenvalue weighted by molar-refractivity contribution is 0.357. The maximum atomic E-state index is 7.06. The first-order valence-electron chi connectivity index (χ1n) is 14.6. The zero-order valence-electron chi connectivity index (χ0n) is 24.7. The molecule has 0 saturated carbocycles. The quantitative estimate of drug-likeness (QED) is 0.226. The molecule has 0 amide bonds. The van der Waals surface area contributed by atoms with Gasteiger partial charge in [-0.15, -0.1) is 0 Å². The van der Waals surface area contributed by atoms with Gasteiger partial charge in [0.2, 0.25) is 0 Å². The molecule has 8 heteroatoms. The van der Waals surface area contributed by atoms with Crippen LogP contribution in [-0.4, -0.2) is 27.8 Å². The van der Waals surface area contributed by atoms with E-state index in [4.69, 9.17) is 40.4 Å². The summed E-state index contributed by atoms with van der Waals surface area (Å²) in [5.74, 6) is 1.28. The average Bonchev–Trinajstić information content (AvgIpc) is 3.40. The molecular weight excluding hydrogens is 581 g/mol. The maximum Gasteiger partial charge on any atom is 0.174 e. The first-order chi connectivity index (χ1) is 20.1. The molecule has 2 aliphatic rings. The van der Waals surface area contributed by atoms with Crippen molar-refractivity contribution in [3.63, 3.8) is 0 Å². The van der Waals surface area contributed by atoms with E-state index in [1.165, 1.54) is 23.2 Å². The van der Waals surface area contributed by atoms with Gasteiger partial charge in [0.1, 0.15) is 0 Å². The van der Waals surface area contributed by atoms with Crippen LogP contribution in [0.4, 0.5) is 11.4 Å². The number of piperidine rings is 1. The summed E-state index contributed by atoms with van der Waals surface area (Å²) in [6.45, 7) is 13.2. The summed E-state index contributed by atoms with van der Waals surface area (Å²) in [4.78, 5) is 9.42. The van der Waals surface area contributed by atoms with E-state index in [9.17, 15) is 0 Å². The number of benzene rings is 2. The Bertz CT molecular complexity index is 1620. The fourth-order valence-electron chi connectivity index (χ4n) is 7.13. The number of aromatic nitrogens is 2. The zero-order valence-corrected chi connectivity index (χ0v) is 27.1. The molecular formula is C34H37Cl2N5S. The number of nitrogens with zero attached hydrogens (tertiary/aromatic N) is 4. The van der Waals surface area contributed by atoms with Gasteiger partial charge in [-0.25, -0.2) is 0 Å². The van der Waals surface area contributed by atoms with Gasteiger partial charge in [0.15, 0.2) is 5.11 Å². The van der Waals surface area contributed by atoms with Crippen molar-refractivity contribution >= 4 is 51.9 Å². The van der Waals surface area contributed by atoms with Crippen LogP contribution in [0, 0.1) is 32.6 Å². The van der Waals surface area contributed by atoms with Crippen molar-refractivity contribution in [2.75, 3.05) is 22.9 Å². The minimum atomic E-state index is -0.145. The topological polar surface area (TPSA) is 36.3 Å². The standard InChI is InChI=1S/C34H37Cl2N5S/c1-20-15-21(2)19-39(18-20)30-13-12-27(17-28(30)36)41-33(32(38-34(41)42)29-11-6-7-14-37-29)31-22(3)23(4)40(24(31)5)26-10-8-9-25(35)16-26/h6-14,16-17,20-21,32-33H,15,18-19H2,1-5H3,(H,38,42)/t20-,21+,32-,33+/m1/s1. The Hall–Kier alpha value is -3.06. The summed E-state index contributed by atoms with van der Waals surface area (Å²) in [5.41, 5.74) is 8.79. The lowest BCUT2D eigenvalue weighted by Gasteiger charge is -2.37. The number of nitrogens with one attached hydrogen (secondary N) is 1. The highest BCUT2D eigenvalue weighted by molar-refractivity contribution is 7.80. The Morgan fingerprint density at radius 3 is 2.31 bits per heavy atom. The number of hydrogen-bond donors (Lipinski definition) is 1. The van der Waals surface area contributed by atoms with Gasteiger partial charge in [0.25, 0.3) is 0 Å². The van der Waals surface area contributed by atoms with Crippen LogP contribution in [0.1, 0.15) is 60.6 Å². The van der Waals surface area contributed by atoms with Crippen molar-refractivity contribution in [1.29, 1.82) is 0 Å². The van der Waals surface area contributed by atoms with E-state index >= 15 is 0 Å². The largest absolute Gasteiger partial charge is 0.370 e. The van der Waals surface area contributed by atoms with Crippen LogP contribution >= 0.6 is 35.4 Å². The first-order valence-corrected chi connectivity index (χ1v) is 15.8. The highest BCUT2D eigenvalue weighted by atomic mass is 35.5. The van der Waals surface area contributed by atoms with Gasteiger partial charge in [-0.2, -0.15) is 0 Å². The molecule has 2 fully saturated rings. The molecule has 5 nitrogen and oxygen atoms in total. The van der Waals surface area contributed by atoms with Gasteiger partial charge < -0.3 is 19.7 Å². The van der Waals surface area contributed by atoms with Crippen molar-refractivity contribution in [1.82, 2.24) is 14.9 Å². The Balaban J connectivity index is 1.47. The van der Waals surface area contributed by atoms with E-state index in [0.717, 1.165) is 46.6 Å². The SMILES string of the molecule is Cc1c([C@H]2[C@@H](c3ccccn3)NC(=S)N2c2ccc(N3C[C@H](C)C[C@H](C)C3)c(Cl)c2)c(C)n(-c2cccc(Cl)c2)c1C. The Labute approximate surface area is 264 Å². The van der Waals surface area contributed by atoms with Crippen molar-refractivity contribution in [2.45, 2.75) is 53.1 Å². The van der Waals surface area contributed by atoms with Gasteiger partial charge in [0, 0.05) is 52.6 Å². The third kappa shape index (κ3) is 5.18. The second kappa shape index (κ2) is 11.6. The normalized spacial score (nSPS) is 22.5. The van der Waals surface area contributed by atoms with Crippen molar-refractivity contribution in [3.05, 3.63) is 105 Å². The van der Waals surface area contributed by atoms with Gasteiger partial charge in [-0.05, 0) is 105 Å². The van der Waals surface area contributed by atoms with Gasteiger partial charge in [-0.1, -0.05) is 49.2 Å². The van der Waals surface area contributed by atoms with Crippen LogP contribution in [-0.2, 0) is 0 Å². The van der Waals surface area contributed by atoms with E-state index in [2.05, 4.69) is 84.6 Å². The molecule has 4 atom stereocenters. The molecule has 2 aromatic carbocycles. The second-order valence-electron chi connectivity index (χ2n) is 12.0. The van der Waals surface area contributed by atoms with Crippen molar-refractivity contribution < 1.29 is 0 Å². The monoisotopic (exact) mass is 617 g/mol. The van der Waals surface area contributed by atoms with Crippen LogP contribution in [0.5, 0.6) is 0 Å². The molecule has 2 saturated heterocycles. The number of pyridine rings is 1. The molecule has 4 heterocycles. The van der Waals surface area contributed by atoms with Crippen molar-refractivity contribution in [2.24, 2.45) is 11.8 Å². The fourth-order valence-corrected chi connectivity index (χ4v) is 7.96. The van der Waals surface area contributed by atoms with Gasteiger partial charge >= 0.3 is 0 Å². The minimum Gasteiger partial charge on any atom is -0.370 e. The average molecular weight is 619 g/mol. The molecule has 0 aliphatic carbocycles.